The van der Waals surface area contributed by atoms with Crippen LogP contribution >= 0.6 is 0 Å². The van der Waals surface area contributed by atoms with Crippen LogP contribution in [0.25, 0.3) is 0 Å². The van der Waals surface area contributed by atoms with Crippen molar-refractivity contribution in [1.29, 1.82) is 0 Å². The Hall–Kier alpha value is -1.44. The quantitative estimate of drug-likeness (QED) is 0.773. The molecule has 1 saturated heterocycles. The Morgan fingerprint density at radius 1 is 1.33 bits per heavy atom. The van der Waals surface area contributed by atoms with E-state index in [0.717, 1.165) is 25.8 Å². The summed E-state index contributed by atoms with van der Waals surface area (Å²) in [7, 11) is -2.16. The molecule has 0 aliphatic carbocycles. The summed E-state index contributed by atoms with van der Waals surface area (Å²) < 4.78 is 26.1. The van der Waals surface area contributed by atoms with Gasteiger partial charge >= 0.3 is 0 Å². The number of hydrogen-bond donors (Lipinski definition) is 3. The van der Waals surface area contributed by atoms with Gasteiger partial charge in [0.05, 0.1) is 10.9 Å². The van der Waals surface area contributed by atoms with Crippen LogP contribution < -0.4 is 15.4 Å². The van der Waals surface area contributed by atoms with E-state index >= 15 is 0 Å². The minimum atomic E-state index is -3.53. The third-order valence-electron chi connectivity index (χ3n) is 3.64. The Kier molecular flexibility index (Phi) is 4.97. The molecule has 116 valence electrons. The third kappa shape index (κ3) is 3.81. The number of rotatable bonds is 4. The molecule has 1 aliphatic heterocycles. The van der Waals surface area contributed by atoms with E-state index < -0.39 is 10.0 Å². The molecule has 1 amide bonds. The highest BCUT2D eigenvalue weighted by Gasteiger charge is 2.21. The predicted octanol–water partition coefficient (Wildman–Crippen LogP) is 0.984. The summed E-state index contributed by atoms with van der Waals surface area (Å²) in [5, 5.41) is 5.95. The van der Waals surface area contributed by atoms with E-state index in [0.29, 0.717) is 11.3 Å². The monoisotopic (exact) mass is 311 g/mol. The lowest BCUT2D eigenvalue weighted by Crippen LogP contribution is -2.43. The molecular formula is C14H21N3O3S. The van der Waals surface area contributed by atoms with E-state index in [-0.39, 0.29) is 16.8 Å². The standard InChI is InChI=1S/C14H21N3O3S/c1-10-6-7-11(9-13(10)21(19,20)15-2)17-14(18)12-5-3-4-8-16-12/h6-7,9,12,15-16H,3-5,8H2,1-2H3,(H,17,18)/t12-/m1/s1. The number of carbonyl (C=O) groups is 1. The maximum absolute atomic E-state index is 12.1. The highest BCUT2D eigenvalue weighted by molar-refractivity contribution is 7.89. The van der Waals surface area contributed by atoms with Gasteiger partial charge in [-0.3, -0.25) is 4.79 Å². The van der Waals surface area contributed by atoms with E-state index in [2.05, 4.69) is 15.4 Å². The maximum Gasteiger partial charge on any atom is 0.241 e. The van der Waals surface area contributed by atoms with Crippen molar-refractivity contribution in [2.24, 2.45) is 0 Å². The zero-order chi connectivity index (χ0) is 15.5. The summed E-state index contributed by atoms with van der Waals surface area (Å²) in [6.45, 7) is 2.56. The number of amides is 1. The molecule has 21 heavy (non-hydrogen) atoms. The zero-order valence-electron chi connectivity index (χ0n) is 12.3. The average Bonchev–Trinajstić information content (AvgIpc) is 2.50. The zero-order valence-corrected chi connectivity index (χ0v) is 13.1. The number of carbonyl (C=O) groups excluding carboxylic acids is 1. The lowest BCUT2D eigenvalue weighted by Gasteiger charge is -2.22. The van der Waals surface area contributed by atoms with Crippen LogP contribution in [0.1, 0.15) is 24.8 Å². The van der Waals surface area contributed by atoms with Gasteiger partial charge in [-0.25, -0.2) is 13.1 Å². The summed E-state index contributed by atoms with van der Waals surface area (Å²) in [5.74, 6) is -0.119. The summed E-state index contributed by atoms with van der Waals surface area (Å²) in [4.78, 5) is 12.3. The number of benzene rings is 1. The molecule has 1 fully saturated rings. The minimum Gasteiger partial charge on any atom is -0.325 e. The Bertz CT molecular complexity index is 622. The van der Waals surface area contributed by atoms with Crippen molar-refractivity contribution < 1.29 is 13.2 Å². The first-order chi connectivity index (χ1) is 9.94. The largest absolute Gasteiger partial charge is 0.325 e. The molecule has 2 rings (SSSR count). The molecule has 0 spiro atoms. The number of anilines is 1. The van der Waals surface area contributed by atoms with Gasteiger partial charge in [-0.05, 0) is 51.1 Å². The molecule has 1 atom stereocenters. The SMILES string of the molecule is CNS(=O)(=O)c1cc(NC(=O)[C@H]2CCCCN2)ccc1C. The predicted molar refractivity (Wildman–Crippen MR) is 81.7 cm³/mol. The highest BCUT2D eigenvalue weighted by atomic mass is 32.2. The Labute approximate surface area is 125 Å². The van der Waals surface area contributed by atoms with E-state index in [1.807, 2.05) is 0 Å². The van der Waals surface area contributed by atoms with Gasteiger partial charge in [0, 0.05) is 5.69 Å². The van der Waals surface area contributed by atoms with Crippen LogP contribution in [0.3, 0.4) is 0 Å². The molecule has 1 aromatic carbocycles. The normalized spacial score (nSPS) is 19.2. The van der Waals surface area contributed by atoms with E-state index in [4.69, 9.17) is 0 Å². The smallest absolute Gasteiger partial charge is 0.241 e. The van der Waals surface area contributed by atoms with Gasteiger partial charge in [0.15, 0.2) is 0 Å². The summed E-state index contributed by atoms with van der Waals surface area (Å²) >= 11 is 0. The van der Waals surface area contributed by atoms with Crippen LogP contribution in [0, 0.1) is 6.92 Å². The first-order valence-corrected chi connectivity index (χ1v) is 8.51. The van der Waals surface area contributed by atoms with Crippen molar-refractivity contribution >= 4 is 21.6 Å². The summed E-state index contributed by atoms with van der Waals surface area (Å²) in [6.07, 6.45) is 2.91. The topological polar surface area (TPSA) is 87.3 Å². The number of piperidine rings is 1. The lowest BCUT2D eigenvalue weighted by molar-refractivity contribution is -0.118. The van der Waals surface area contributed by atoms with Crippen molar-refractivity contribution in [3.63, 3.8) is 0 Å². The molecule has 0 aromatic heterocycles. The molecule has 1 aromatic rings. The Morgan fingerprint density at radius 2 is 2.10 bits per heavy atom. The van der Waals surface area contributed by atoms with Gasteiger partial charge in [0.25, 0.3) is 0 Å². The molecule has 3 N–H and O–H groups in total. The summed E-state index contributed by atoms with van der Waals surface area (Å²) in [6, 6.07) is 4.69. The van der Waals surface area contributed by atoms with Crippen LogP contribution in [0.4, 0.5) is 5.69 Å². The van der Waals surface area contributed by atoms with E-state index in [1.165, 1.54) is 13.1 Å². The van der Waals surface area contributed by atoms with Gasteiger partial charge in [-0.2, -0.15) is 0 Å². The van der Waals surface area contributed by atoms with Crippen LogP contribution in [-0.2, 0) is 14.8 Å². The fourth-order valence-corrected chi connectivity index (χ4v) is 3.38. The van der Waals surface area contributed by atoms with Crippen molar-refractivity contribution in [3.8, 4) is 0 Å². The molecule has 6 nitrogen and oxygen atoms in total. The van der Waals surface area contributed by atoms with Crippen molar-refractivity contribution in [2.75, 3.05) is 18.9 Å². The number of hydrogen-bond acceptors (Lipinski definition) is 4. The van der Waals surface area contributed by atoms with Gasteiger partial charge in [-0.1, -0.05) is 12.5 Å². The van der Waals surface area contributed by atoms with Gasteiger partial charge in [-0.15, -0.1) is 0 Å². The van der Waals surface area contributed by atoms with Crippen molar-refractivity contribution in [3.05, 3.63) is 23.8 Å². The van der Waals surface area contributed by atoms with Gasteiger partial charge in [0.1, 0.15) is 0 Å². The fraction of sp³-hybridized carbons (Fsp3) is 0.500. The third-order valence-corrected chi connectivity index (χ3v) is 5.20. The van der Waals surface area contributed by atoms with Crippen LogP contribution in [0.2, 0.25) is 0 Å². The van der Waals surface area contributed by atoms with Gasteiger partial charge in [0.2, 0.25) is 15.9 Å². The molecule has 7 heteroatoms. The molecule has 0 saturated carbocycles. The minimum absolute atomic E-state index is 0.119. The molecule has 0 radical (unpaired) electrons. The van der Waals surface area contributed by atoms with E-state index in [9.17, 15) is 13.2 Å². The number of aryl methyl sites for hydroxylation is 1. The van der Waals surface area contributed by atoms with Gasteiger partial charge < -0.3 is 10.6 Å². The lowest BCUT2D eigenvalue weighted by atomic mass is 10.0. The van der Waals surface area contributed by atoms with Crippen molar-refractivity contribution in [2.45, 2.75) is 37.1 Å². The highest BCUT2D eigenvalue weighted by Crippen LogP contribution is 2.20. The summed E-state index contributed by atoms with van der Waals surface area (Å²) in [5.41, 5.74) is 1.13. The average molecular weight is 311 g/mol. The Balaban J connectivity index is 2.17. The number of sulfonamides is 1. The molecule has 0 unspecified atom stereocenters. The first kappa shape index (κ1) is 15.9. The first-order valence-electron chi connectivity index (χ1n) is 7.02. The maximum atomic E-state index is 12.1. The van der Waals surface area contributed by atoms with Crippen LogP contribution in [0.5, 0.6) is 0 Å². The second-order valence-electron chi connectivity index (χ2n) is 5.18. The van der Waals surface area contributed by atoms with E-state index in [1.54, 1.807) is 19.1 Å². The fourth-order valence-electron chi connectivity index (χ4n) is 2.38. The second-order valence-corrected chi connectivity index (χ2v) is 7.03. The Morgan fingerprint density at radius 3 is 2.71 bits per heavy atom. The van der Waals surface area contributed by atoms with Crippen LogP contribution in [-0.4, -0.2) is 34.0 Å². The number of nitrogens with one attached hydrogen (secondary N) is 3. The molecule has 0 bridgehead atoms. The molecule has 1 aliphatic rings. The van der Waals surface area contributed by atoms with Crippen molar-refractivity contribution in [1.82, 2.24) is 10.0 Å². The second kappa shape index (κ2) is 6.55. The van der Waals surface area contributed by atoms with Crippen LogP contribution in [0.15, 0.2) is 23.1 Å². The molecular weight excluding hydrogens is 290 g/mol. The molecule has 1 heterocycles.